The predicted molar refractivity (Wildman–Crippen MR) is 83.1 cm³/mol. The lowest BCUT2D eigenvalue weighted by atomic mass is 10.1. The number of carbonyl (C=O) groups excluding carboxylic acids is 2. The molecule has 1 amide bonds. The zero-order valence-corrected chi connectivity index (χ0v) is 12.8. The number of hydrogen-bond acceptors (Lipinski definition) is 4. The van der Waals surface area contributed by atoms with Gasteiger partial charge >= 0.3 is 5.97 Å². The first-order valence-corrected chi connectivity index (χ1v) is 6.84. The van der Waals surface area contributed by atoms with Crippen LogP contribution in [0.2, 0.25) is 0 Å². The molecular formula is C17H16FNO4. The zero-order chi connectivity index (χ0) is 16.8. The van der Waals surface area contributed by atoms with E-state index in [0.717, 1.165) is 0 Å². The Morgan fingerprint density at radius 3 is 2.52 bits per heavy atom. The number of rotatable bonds is 5. The summed E-state index contributed by atoms with van der Waals surface area (Å²) in [5.41, 5.74) is 1.10. The van der Waals surface area contributed by atoms with E-state index < -0.39 is 11.8 Å². The molecule has 0 fully saturated rings. The Labute approximate surface area is 133 Å². The smallest absolute Gasteiger partial charge is 0.339 e. The third-order valence-corrected chi connectivity index (χ3v) is 3.19. The fourth-order valence-corrected chi connectivity index (χ4v) is 2.08. The summed E-state index contributed by atoms with van der Waals surface area (Å²) in [5.74, 6) is -1.33. The molecule has 0 radical (unpaired) electrons. The largest absolute Gasteiger partial charge is 0.494 e. The first-order valence-electron chi connectivity index (χ1n) is 6.84. The van der Waals surface area contributed by atoms with E-state index in [-0.39, 0.29) is 23.6 Å². The standard InChI is InChI=1S/C17H16FNO4/c1-22-15-8-7-11(9-13(15)18)10-16(20)19-14-6-4-3-5-12(14)17(21)23-2/h3-9H,10H2,1-2H3,(H,19,20). The lowest BCUT2D eigenvalue weighted by molar-refractivity contribution is -0.115. The third-order valence-electron chi connectivity index (χ3n) is 3.19. The number of nitrogens with one attached hydrogen (secondary N) is 1. The number of ether oxygens (including phenoxy) is 2. The number of methoxy groups -OCH3 is 2. The van der Waals surface area contributed by atoms with Crippen molar-refractivity contribution in [3.63, 3.8) is 0 Å². The summed E-state index contributed by atoms with van der Waals surface area (Å²) in [6.07, 6.45) is -0.0313. The van der Waals surface area contributed by atoms with Gasteiger partial charge in [0.15, 0.2) is 11.6 Å². The maximum Gasteiger partial charge on any atom is 0.339 e. The molecule has 0 unspecified atom stereocenters. The number of hydrogen-bond donors (Lipinski definition) is 1. The van der Waals surface area contributed by atoms with Crippen molar-refractivity contribution in [1.82, 2.24) is 0 Å². The average Bonchev–Trinajstić information content (AvgIpc) is 2.54. The van der Waals surface area contributed by atoms with Crippen LogP contribution in [0.3, 0.4) is 0 Å². The second-order valence-electron chi connectivity index (χ2n) is 4.73. The van der Waals surface area contributed by atoms with Crippen LogP contribution >= 0.6 is 0 Å². The molecular weight excluding hydrogens is 301 g/mol. The van der Waals surface area contributed by atoms with Gasteiger partial charge in [0.25, 0.3) is 0 Å². The van der Waals surface area contributed by atoms with Gasteiger partial charge in [0.2, 0.25) is 5.91 Å². The molecule has 2 aromatic carbocycles. The molecule has 0 bridgehead atoms. The van der Waals surface area contributed by atoms with Crippen molar-refractivity contribution in [3.05, 3.63) is 59.4 Å². The summed E-state index contributed by atoms with van der Waals surface area (Å²) < 4.78 is 23.1. The summed E-state index contributed by atoms with van der Waals surface area (Å²) in [6, 6.07) is 10.8. The SMILES string of the molecule is COC(=O)c1ccccc1NC(=O)Cc1ccc(OC)c(F)c1. The van der Waals surface area contributed by atoms with Crippen molar-refractivity contribution >= 4 is 17.6 Å². The van der Waals surface area contributed by atoms with Crippen molar-refractivity contribution in [2.45, 2.75) is 6.42 Å². The molecule has 2 rings (SSSR count). The van der Waals surface area contributed by atoms with Crippen LogP contribution in [0.5, 0.6) is 5.75 Å². The highest BCUT2D eigenvalue weighted by molar-refractivity contribution is 6.01. The van der Waals surface area contributed by atoms with E-state index in [9.17, 15) is 14.0 Å². The van der Waals surface area contributed by atoms with Crippen LogP contribution in [0.25, 0.3) is 0 Å². The van der Waals surface area contributed by atoms with Gasteiger partial charge in [-0.1, -0.05) is 18.2 Å². The van der Waals surface area contributed by atoms with Gasteiger partial charge < -0.3 is 14.8 Å². The zero-order valence-electron chi connectivity index (χ0n) is 12.8. The number of halogens is 1. The first-order chi connectivity index (χ1) is 11.0. The minimum atomic E-state index is -0.545. The molecule has 0 heterocycles. The van der Waals surface area contributed by atoms with Crippen LogP contribution < -0.4 is 10.1 Å². The van der Waals surface area contributed by atoms with Gasteiger partial charge in [0.05, 0.1) is 31.9 Å². The molecule has 2 aromatic rings. The van der Waals surface area contributed by atoms with Crippen LogP contribution in [0.15, 0.2) is 42.5 Å². The fourth-order valence-electron chi connectivity index (χ4n) is 2.08. The second kappa shape index (κ2) is 7.40. The van der Waals surface area contributed by atoms with Gasteiger partial charge in [-0.3, -0.25) is 4.79 Å². The van der Waals surface area contributed by atoms with Gasteiger partial charge in [-0.2, -0.15) is 0 Å². The molecule has 5 nitrogen and oxygen atoms in total. The van der Waals surface area contributed by atoms with Crippen LogP contribution in [0.1, 0.15) is 15.9 Å². The van der Waals surface area contributed by atoms with E-state index in [4.69, 9.17) is 4.74 Å². The highest BCUT2D eigenvalue weighted by Gasteiger charge is 2.14. The number of amides is 1. The second-order valence-corrected chi connectivity index (χ2v) is 4.73. The lowest BCUT2D eigenvalue weighted by Gasteiger charge is -2.10. The minimum absolute atomic E-state index is 0.0313. The van der Waals surface area contributed by atoms with E-state index >= 15 is 0 Å². The van der Waals surface area contributed by atoms with Gasteiger partial charge in [0, 0.05) is 0 Å². The monoisotopic (exact) mass is 317 g/mol. The van der Waals surface area contributed by atoms with Gasteiger partial charge in [-0.05, 0) is 29.8 Å². The van der Waals surface area contributed by atoms with E-state index in [1.165, 1.54) is 26.4 Å². The predicted octanol–water partition coefficient (Wildman–Crippen LogP) is 2.80. The average molecular weight is 317 g/mol. The third kappa shape index (κ3) is 4.06. The molecule has 1 N–H and O–H groups in total. The van der Waals surface area contributed by atoms with E-state index in [0.29, 0.717) is 11.3 Å². The Morgan fingerprint density at radius 1 is 1.13 bits per heavy atom. The molecule has 0 saturated carbocycles. The number of esters is 1. The topological polar surface area (TPSA) is 64.6 Å². The summed E-state index contributed by atoms with van der Waals surface area (Å²) in [6.45, 7) is 0. The van der Waals surface area contributed by atoms with Crippen molar-refractivity contribution in [3.8, 4) is 5.75 Å². The number of anilines is 1. The Balaban J connectivity index is 2.11. The van der Waals surface area contributed by atoms with Crippen molar-refractivity contribution < 1.29 is 23.5 Å². The number of carbonyl (C=O) groups is 2. The highest BCUT2D eigenvalue weighted by atomic mass is 19.1. The molecule has 0 aromatic heterocycles. The minimum Gasteiger partial charge on any atom is -0.494 e. The maximum absolute atomic E-state index is 13.6. The van der Waals surface area contributed by atoms with E-state index in [1.54, 1.807) is 30.3 Å². The Kier molecular flexibility index (Phi) is 5.30. The van der Waals surface area contributed by atoms with Crippen molar-refractivity contribution in [2.24, 2.45) is 0 Å². The van der Waals surface area contributed by atoms with Crippen LogP contribution in [-0.4, -0.2) is 26.1 Å². The van der Waals surface area contributed by atoms with Crippen molar-refractivity contribution in [1.29, 1.82) is 0 Å². The quantitative estimate of drug-likeness (QED) is 0.861. The maximum atomic E-state index is 13.6. The van der Waals surface area contributed by atoms with Crippen LogP contribution in [0.4, 0.5) is 10.1 Å². The van der Waals surface area contributed by atoms with E-state index in [1.807, 2.05) is 0 Å². The molecule has 0 spiro atoms. The Hall–Kier alpha value is -2.89. The van der Waals surface area contributed by atoms with Crippen molar-refractivity contribution in [2.75, 3.05) is 19.5 Å². The molecule has 0 aliphatic carbocycles. The van der Waals surface area contributed by atoms with Gasteiger partial charge in [-0.25, -0.2) is 9.18 Å². The molecule has 0 atom stereocenters. The van der Waals surface area contributed by atoms with Gasteiger partial charge in [0.1, 0.15) is 0 Å². The first kappa shape index (κ1) is 16.5. The fraction of sp³-hybridized carbons (Fsp3) is 0.176. The van der Waals surface area contributed by atoms with Gasteiger partial charge in [-0.15, -0.1) is 0 Å². The summed E-state index contributed by atoms with van der Waals surface area (Å²) in [5, 5.41) is 2.63. The van der Waals surface area contributed by atoms with Crippen LogP contribution in [0, 0.1) is 5.82 Å². The lowest BCUT2D eigenvalue weighted by Crippen LogP contribution is -2.17. The Morgan fingerprint density at radius 2 is 1.87 bits per heavy atom. The molecule has 120 valence electrons. The molecule has 23 heavy (non-hydrogen) atoms. The number of para-hydroxylation sites is 1. The molecule has 0 saturated heterocycles. The molecule has 0 aliphatic rings. The van der Waals surface area contributed by atoms with E-state index in [2.05, 4.69) is 10.1 Å². The summed E-state index contributed by atoms with van der Waals surface area (Å²) in [4.78, 5) is 23.7. The van der Waals surface area contributed by atoms with Crippen LogP contribution in [-0.2, 0) is 16.0 Å². The normalized spacial score (nSPS) is 10.0. The molecule has 6 heteroatoms. The Bertz CT molecular complexity index is 730. The molecule has 0 aliphatic heterocycles. The summed E-state index contributed by atoms with van der Waals surface area (Å²) in [7, 11) is 2.63. The summed E-state index contributed by atoms with van der Waals surface area (Å²) >= 11 is 0. The highest BCUT2D eigenvalue weighted by Crippen LogP contribution is 2.19. The number of benzene rings is 2.